The predicted octanol–water partition coefficient (Wildman–Crippen LogP) is 2.30. The van der Waals surface area contributed by atoms with Crippen molar-refractivity contribution < 1.29 is 10.2 Å². The molecule has 0 amide bonds. The Labute approximate surface area is 77.6 Å². The first kappa shape index (κ1) is 8.84. The second kappa shape index (κ2) is 3.43. The van der Waals surface area contributed by atoms with Gasteiger partial charge in [-0.25, -0.2) is 0 Å². The number of aromatic hydroxyl groups is 1. The Hall–Kier alpha value is -0.250. The van der Waals surface area contributed by atoms with Crippen LogP contribution in [0.15, 0.2) is 16.6 Å². The number of rotatable bonds is 1. The van der Waals surface area contributed by atoms with Crippen LogP contribution in [0.25, 0.3) is 0 Å². The van der Waals surface area contributed by atoms with Crippen LogP contribution in [0.3, 0.4) is 0 Å². The molecule has 2 nitrogen and oxygen atoms in total. The van der Waals surface area contributed by atoms with E-state index in [2.05, 4.69) is 15.9 Å². The van der Waals surface area contributed by atoms with Gasteiger partial charge in [0.25, 0.3) is 0 Å². The second-order valence-corrected chi connectivity index (χ2v) is 3.34. The number of hydrogen-bond acceptors (Lipinski definition) is 2. The summed E-state index contributed by atoms with van der Waals surface area (Å²) in [4.78, 5) is 0. The fraction of sp³-hybridized carbons (Fsp3) is 0.143. The van der Waals surface area contributed by atoms with Crippen molar-refractivity contribution in [1.82, 2.24) is 0 Å². The van der Waals surface area contributed by atoms with Crippen molar-refractivity contribution in [2.45, 2.75) is 6.61 Å². The highest BCUT2D eigenvalue weighted by atomic mass is 79.9. The third-order valence-electron chi connectivity index (χ3n) is 1.28. The minimum absolute atomic E-state index is 0.0388. The van der Waals surface area contributed by atoms with Crippen molar-refractivity contribution in [1.29, 1.82) is 0 Å². The lowest BCUT2D eigenvalue weighted by Crippen LogP contribution is -1.84. The Morgan fingerprint density at radius 2 is 2.09 bits per heavy atom. The Morgan fingerprint density at radius 1 is 1.45 bits per heavy atom. The summed E-state index contributed by atoms with van der Waals surface area (Å²) in [5.74, 6) is 0.0388. The number of aliphatic hydroxyl groups is 1. The molecule has 0 bridgehead atoms. The van der Waals surface area contributed by atoms with Crippen molar-refractivity contribution in [2.75, 3.05) is 0 Å². The molecule has 0 radical (unpaired) electrons. The van der Waals surface area contributed by atoms with Crippen LogP contribution in [-0.2, 0) is 6.61 Å². The van der Waals surface area contributed by atoms with Crippen molar-refractivity contribution in [3.8, 4) is 5.75 Å². The minimum Gasteiger partial charge on any atom is -0.506 e. The molecule has 0 atom stereocenters. The normalized spacial score (nSPS) is 10.1. The second-order valence-electron chi connectivity index (χ2n) is 2.05. The van der Waals surface area contributed by atoms with Gasteiger partial charge in [0.2, 0.25) is 0 Å². The Balaban J connectivity index is 3.24. The lowest BCUT2D eigenvalue weighted by atomic mass is 10.2. The molecule has 0 saturated carbocycles. The fourth-order valence-electron chi connectivity index (χ4n) is 0.740. The summed E-state index contributed by atoms with van der Waals surface area (Å²) in [7, 11) is 0. The quantitative estimate of drug-likeness (QED) is 0.787. The van der Waals surface area contributed by atoms with E-state index in [0.717, 1.165) is 0 Å². The van der Waals surface area contributed by atoms with Crippen LogP contribution in [0.4, 0.5) is 0 Å². The Kier molecular flexibility index (Phi) is 2.76. The number of hydrogen-bond donors (Lipinski definition) is 2. The van der Waals surface area contributed by atoms with Crippen LogP contribution < -0.4 is 0 Å². The van der Waals surface area contributed by atoms with Gasteiger partial charge in [-0.15, -0.1) is 0 Å². The van der Waals surface area contributed by atoms with Gasteiger partial charge in [0, 0.05) is 10.6 Å². The number of phenols is 1. The monoisotopic (exact) mass is 236 g/mol. The van der Waals surface area contributed by atoms with E-state index < -0.39 is 0 Å². The maximum atomic E-state index is 9.26. The van der Waals surface area contributed by atoms with Gasteiger partial charge in [0.1, 0.15) is 5.75 Å². The average molecular weight is 237 g/mol. The molecule has 0 aliphatic heterocycles. The highest BCUT2D eigenvalue weighted by molar-refractivity contribution is 9.10. The molecule has 1 rings (SSSR count). The van der Waals surface area contributed by atoms with Gasteiger partial charge in [-0.1, -0.05) is 11.6 Å². The van der Waals surface area contributed by atoms with Gasteiger partial charge in [-0.3, -0.25) is 0 Å². The minimum atomic E-state index is -0.217. The van der Waals surface area contributed by atoms with Gasteiger partial charge in [-0.2, -0.15) is 0 Å². The molecule has 0 spiro atoms. The van der Waals surface area contributed by atoms with Crippen LogP contribution in [0, 0.1) is 0 Å². The molecule has 0 aliphatic carbocycles. The fourth-order valence-corrected chi connectivity index (χ4v) is 1.61. The number of benzene rings is 1. The van der Waals surface area contributed by atoms with Crippen LogP contribution in [0.1, 0.15) is 5.56 Å². The third-order valence-corrected chi connectivity index (χ3v) is 2.10. The van der Waals surface area contributed by atoms with E-state index >= 15 is 0 Å². The molecule has 0 aliphatic rings. The molecule has 0 saturated heterocycles. The molecule has 1 aromatic carbocycles. The van der Waals surface area contributed by atoms with E-state index in [0.29, 0.717) is 15.1 Å². The molecule has 60 valence electrons. The average Bonchev–Trinajstić information content (AvgIpc) is 1.96. The van der Waals surface area contributed by atoms with E-state index in [1.54, 1.807) is 6.07 Å². The van der Waals surface area contributed by atoms with Crippen LogP contribution in [-0.4, -0.2) is 10.2 Å². The first-order valence-electron chi connectivity index (χ1n) is 2.93. The molecule has 11 heavy (non-hydrogen) atoms. The summed E-state index contributed by atoms with van der Waals surface area (Å²) < 4.78 is 0.494. The zero-order valence-corrected chi connectivity index (χ0v) is 7.85. The lowest BCUT2D eigenvalue weighted by molar-refractivity contribution is 0.275. The molecule has 2 N–H and O–H groups in total. The first-order valence-corrected chi connectivity index (χ1v) is 4.10. The van der Waals surface area contributed by atoms with E-state index in [1.165, 1.54) is 6.07 Å². The van der Waals surface area contributed by atoms with E-state index in [9.17, 15) is 5.11 Å². The van der Waals surface area contributed by atoms with Crippen molar-refractivity contribution in [3.63, 3.8) is 0 Å². The first-order chi connectivity index (χ1) is 5.15. The molecule has 4 heteroatoms. The molecule has 1 aromatic rings. The smallest absolute Gasteiger partial charge is 0.135 e. The Morgan fingerprint density at radius 3 is 2.64 bits per heavy atom. The van der Waals surface area contributed by atoms with Gasteiger partial charge in [0.15, 0.2) is 0 Å². The summed E-state index contributed by atoms with van der Waals surface area (Å²) >= 11 is 8.74. The molecular formula is C7H6BrClO2. The summed E-state index contributed by atoms with van der Waals surface area (Å²) in [6, 6.07) is 3.08. The van der Waals surface area contributed by atoms with Gasteiger partial charge in [-0.05, 0) is 28.1 Å². The highest BCUT2D eigenvalue weighted by Gasteiger charge is 2.05. The Bertz CT molecular complexity index is 275. The van der Waals surface area contributed by atoms with Crippen molar-refractivity contribution >= 4 is 27.5 Å². The molecule has 0 aromatic heterocycles. The maximum Gasteiger partial charge on any atom is 0.135 e. The highest BCUT2D eigenvalue weighted by Crippen LogP contribution is 2.31. The molecule has 0 fully saturated rings. The maximum absolute atomic E-state index is 9.26. The van der Waals surface area contributed by atoms with Gasteiger partial charge >= 0.3 is 0 Å². The summed E-state index contributed by atoms with van der Waals surface area (Å²) in [6.07, 6.45) is 0. The standard InChI is InChI=1S/C7H6BrClO2/c8-6-2-5(9)1-4(3-10)7(6)11/h1-2,10-11H,3H2. The summed E-state index contributed by atoms with van der Waals surface area (Å²) in [5, 5.41) is 18.5. The van der Waals surface area contributed by atoms with E-state index in [1.807, 2.05) is 0 Å². The van der Waals surface area contributed by atoms with Gasteiger partial charge < -0.3 is 10.2 Å². The largest absolute Gasteiger partial charge is 0.506 e. The SMILES string of the molecule is OCc1cc(Cl)cc(Br)c1O. The van der Waals surface area contributed by atoms with Crippen LogP contribution in [0.2, 0.25) is 5.02 Å². The van der Waals surface area contributed by atoms with Gasteiger partial charge in [0.05, 0.1) is 11.1 Å². The summed E-state index contributed by atoms with van der Waals surface area (Å²) in [5.41, 5.74) is 0.421. The predicted molar refractivity (Wildman–Crippen MR) is 46.7 cm³/mol. The number of halogens is 2. The molecule has 0 heterocycles. The third kappa shape index (κ3) is 1.86. The van der Waals surface area contributed by atoms with Crippen molar-refractivity contribution in [3.05, 3.63) is 27.2 Å². The molecular weight excluding hydrogens is 231 g/mol. The lowest BCUT2D eigenvalue weighted by Gasteiger charge is -2.03. The van der Waals surface area contributed by atoms with Crippen molar-refractivity contribution in [2.24, 2.45) is 0 Å². The van der Waals surface area contributed by atoms with Crippen LogP contribution >= 0.6 is 27.5 Å². The van der Waals surface area contributed by atoms with E-state index in [-0.39, 0.29) is 12.4 Å². The summed E-state index contributed by atoms with van der Waals surface area (Å²) in [6.45, 7) is -0.217. The zero-order chi connectivity index (χ0) is 8.43. The number of aliphatic hydroxyl groups excluding tert-OH is 1. The topological polar surface area (TPSA) is 40.5 Å². The van der Waals surface area contributed by atoms with E-state index in [4.69, 9.17) is 16.7 Å². The molecule has 0 unspecified atom stereocenters. The zero-order valence-electron chi connectivity index (χ0n) is 5.51. The van der Waals surface area contributed by atoms with Crippen LogP contribution in [0.5, 0.6) is 5.75 Å².